The molecule has 142 valence electrons. The van der Waals surface area contributed by atoms with Gasteiger partial charge in [-0.1, -0.05) is 23.4 Å². The van der Waals surface area contributed by atoms with Crippen LogP contribution in [0, 0.1) is 5.82 Å². The van der Waals surface area contributed by atoms with Crippen LogP contribution in [-0.2, 0) is 27.0 Å². The number of pyridine rings is 1. The molecule has 6 nitrogen and oxygen atoms in total. The highest BCUT2D eigenvalue weighted by molar-refractivity contribution is 7.85. The lowest BCUT2D eigenvalue weighted by Crippen LogP contribution is -2.23. The van der Waals surface area contributed by atoms with Crippen LogP contribution in [0.15, 0.2) is 41.7 Å². The number of carbonyl (C=O) groups is 1. The van der Waals surface area contributed by atoms with Crippen LogP contribution in [0.4, 0.5) is 4.39 Å². The van der Waals surface area contributed by atoms with E-state index in [-0.39, 0.29) is 12.7 Å². The molecule has 0 aliphatic carbocycles. The second kappa shape index (κ2) is 8.49. The van der Waals surface area contributed by atoms with Gasteiger partial charge in [0, 0.05) is 52.8 Å². The van der Waals surface area contributed by atoms with E-state index in [9.17, 15) is 13.4 Å². The molecule has 1 aliphatic rings. The first kappa shape index (κ1) is 19.3. The summed E-state index contributed by atoms with van der Waals surface area (Å²) < 4.78 is 26.1. The lowest BCUT2D eigenvalue weighted by molar-refractivity contribution is -0.108. The highest BCUT2D eigenvalue weighted by atomic mass is 32.2. The van der Waals surface area contributed by atoms with Crippen LogP contribution in [0.25, 0.3) is 11.1 Å². The fourth-order valence-corrected chi connectivity index (χ4v) is 3.50. The molecular weight excluding hydrogens is 371 g/mol. The minimum atomic E-state index is -1.27. The zero-order valence-corrected chi connectivity index (χ0v) is 15.5. The zero-order valence-electron chi connectivity index (χ0n) is 14.7. The van der Waals surface area contributed by atoms with Crippen LogP contribution in [-0.4, -0.2) is 43.9 Å². The standard InChI is InChI=1S/C19H19FN2O4S/c1-27(25)16(11-24)7-15-8-19(22-26-15)12-3-5-17(18(20)6-12)13-2-4-14(10-23)21-9-13/h2-6,9,11,15-16,23H,7-8,10H2,1H3. The normalized spacial score (nSPS) is 18.5. The molecule has 1 aliphatic heterocycles. The molecule has 1 N–H and O–H groups in total. The van der Waals surface area contributed by atoms with Gasteiger partial charge in [-0.25, -0.2) is 4.39 Å². The number of hydrogen-bond acceptors (Lipinski definition) is 6. The van der Waals surface area contributed by atoms with E-state index in [4.69, 9.17) is 9.94 Å². The quantitative estimate of drug-likeness (QED) is 0.732. The van der Waals surface area contributed by atoms with Gasteiger partial charge in [-0.3, -0.25) is 9.19 Å². The summed E-state index contributed by atoms with van der Waals surface area (Å²) in [5, 5.41) is 12.4. The predicted octanol–water partition coefficient (Wildman–Crippen LogP) is 2.21. The Bertz CT molecular complexity index is 886. The summed E-state index contributed by atoms with van der Waals surface area (Å²) >= 11 is 0. The molecule has 0 bridgehead atoms. The average molecular weight is 390 g/mol. The van der Waals surface area contributed by atoms with Crippen molar-refractivity contribution in [3.8, 4) is 11.1 Å². The number of hydrogen-bond donors (Lipinski definition) is 1. The smallest absolute Gasteiger partial charge is 0.135 e. The predicted molar refractivity (Wildman–Crippen MR) is 100 cm³/mol. The van der Waals surface area contributed by atoms with Crippen molar-refractivity contribution in [2.45, 2.75) is 30.8 Å². The third-order valence-electron chi connectivity index (χ3n) is 4.41. The van der Waals surface area contributed by atoms with Gasteiger partial charge in [0.15, 0.2) is 0 Å². The van der Waals surface area contributed by atoms with Crippen molar-refractivity contribution < 1.29 is 23.3 Å². The van der Waals surface area contributed by atoms with Gasteiger partial charge in [0.25, 0.3) is 0 Å². The number of nitrogens with zero attached hydrogens (tertiary/aromatic N) is 2. The topological polar surface area (TPSA) is 88.9 Å². The number of aliphatic hydroxyl groups excluding tert-OH is 1. The van der Waals surface area contributed by atoms with Crippen LogP contribution in [0.2, 0.25) is 0 Å². The Morgan fingerprint density at radius 2 is 2.15 bits per heavy atom. The second-order valence-electron chi connectivity index (χ2n) is 6.27. The molecule has 27 heavy (non-hydrogen) atoms. The van der Waals surface area contributed by atoms with E-state index in [1.54, 1.807) is 24.3 Å². The van der Waals surface area contributed by atoms with Crippen molar-refractivity contribution >= 4 is 22.8 Å². The summed E-state index contributed by atoms with van der Waals surface area (Å²) in [5.74, 6) is -0.419. The maximum absolute atomic E-state index is 14.6. The maximum Gasteiger partial charge on any atom is 0.135 e. The molecule has 0 fully saturated rings. The van der Waals surface area contributed by atoms with Crippen LogP contribution in [0.1, 0.15) is 24.1 Å². The number of aromatic nitrogens is 1. The summed E-state index contributed by atoms with van der Waals surface area (Å²) in [5.41, 5.74) is 2.71. The summed E-state index contributed by atoms with van der Waals surface area (Å²) in [4.78, 5) is 20.4. The van der Waals surface area contributed by atoms with Crippen LogP contribution in [0.5, 0.6) is 0 Å². The molecule has 2 aromatic rings. The Morgan fingerprint density at radius 3 is 2.74 bits per heavy atom. The van der Waals surface area contributed by atoms with Crippen molar-refractivity contribution in [3.05, 3.63) is 53.6 Å². The molecule has 1 aromatic heterocycles. The molecule has 2 heterocycles. The molecule has 1 aromatic carbocycles. The summed E-state index contributed by atoms with van der Waals surface area (Å²) in [6.45, 7) is -0.167. The van der Waals surface area contributed by atoms with Crippen molar-refractivity contribution in [2.75, 3.05) is 6.26 Å². The zero-order chi connectivity index (χ0) is 19.4. The molecule has 3 rings (SSSR count). The average Bonchev–Trinajstić information content (AvgIpc) is 3.14. The van der Waals surface area contributed by atoms with E-state index < -0.39 is 21.9 Å². The Hall–Kier alpha value is -2.45. The molecule has 0 radical (unpaired) electrons. The second-order valence-corrected chi connectivity index (χ2v) is 7.87. The number of halogens is 1. The highest BCUT2D eigenvalue weighted by Crippen LogP contribution is 2.26. The number of benzene rings is 1. The first-order valence-corrected chi connectivity index (χ1v) is 10.00. The van der Waals surface area contributed by atoms with E-state index in [1.807, 2.05) is 0 Å². The SMILES string of the molecule is CS(=O)C(C=O)CC1CC(c2ccc(-c3ccc(CO)nc3)c(F)c2)=NO1. The summed E-state index contributed by atoms with van der Waals surface area (Å²) in [6.07, 6.45) is 4.04. The molecule has 0 saturated carbocycles. The van der Waals surface area contributed by atoms with Gasteiger partial charge in [0.1, 0.15) is 18.2 Å². The Balaban J connectivity index is 1.72. The van der Waals surface area contributed by atoms with E-state index in [0.717, 1.165) is 0 Å². The molecule has 0 saturated heterocycles. The third kappa shape index (κ3) is 4.45. The lowest BCUT2D eigenvalue weighted by atomic mass is 9.99. The van der Waals surface area contributed by atoms with Gasteiger partial charge in [-0.2, -0.15) is 0 Å². The number of rotatable bonds is 7. The Labute approximate surface area is 158 Å². The number of oxime groups is 1. The first-order chi connectivity index (χ1) is 13.0. The van der Waals surface area contributed by atoms with E-state index >= 15 is 0 Å². The van der Waals surface area contributed by atoms with Crippen molar-refractivity contribution in [2.24, 2.45) is 5.16 Å². The van der Waals surface area contributed by atoms with Crippen LogP contribution >= 0.6 is 0 Å². The van der Waals surface area contributed by atoms with Gasteiger partial charge < -0.3 is 14.7 Å². The van der Waals surface area contributed by atoms with Gasteiger partial charge >= 0.3 is 0 Å². The Morgan fingerprint density at radius 1 is 1.37 bits per heavy atom. The fraction of sp³-hybridized carbons (Fsp3) is 0.316. The lowest BCUT2D eigenvalue weighted by Gasteiger charge is -2.11. The van der Waals surface area contributed by atoms with Crippen molar-refractivity contribution in [1.29, 1.82) is 0 Å². The molecule has 3 unspecified atom stereocenters. The van der Waals surface area contributed by atoms with Crippen molar-refractivity contribution in [1.82, 2.24) is 4.98 Å². The number of carbonyl (C=O) groups excluding carboxylic acids is 1. The molecule has 0 spiro atoms. The van der Waals surface area contributed by atoms with Gasteiger partial charge in [-0.15, -0.1) is 0 Å². The molecular formula is C19H19FN2O4S. The Kier molecular flexibility index (Phi) is 6.08. The molecule has 8 heteroatoms. The van der Waals surface area contributed by atoms with E-state index in [1.165, 1.54) is 18.5 Å². The van der Waals surface area contributed by atoms with Gasteiger partial charge in [-0.05, 0) is 12.1 Å². The monoisotopic (exact) mass is 390 g/mol. The maximum atomic E-state index is 14.6. The molecule has 0 amide bonds. The van der Waals surface area contributed by atoms with Gasteiger partial charge in [0.05, 0.1) is 23.3 Å². The largest absolute Gasteiger partial charge is 0.392 e. The third-order valence-corrected chi connectivity index (χ3v) is 5.56. The molecule has 3 atom stereocenters. The highest BCUT2D eigenvalue weighted by Gasteiger charge is 2.27. The van der Waals surface area contributed by atoms with Crippen LogP contribution < -0.4 is 0 Å². The first-order valence-electron chi connectivity index (χ1n) is 8.38. The minimum Gasteiger partial charge on any atom is -0.392 e. The van der Waals surface area contributed by atoms with Crippen molar-refractivity contribution in [3.63, 3.8) is 0 Å². The summed E-state index contributed by atoms with van der Waals surface area (Å²) in [6, 6.07) is 8.12. The summed E-state index contributed by atoms with van der Waals surface area (Å²) in [7, 11) is -1.27. The van der Waals surface area contributed by atoms with Gasteiger partial charge in [0.2, 0.25) is 0 Å². The van der Waals surface area contributed by atoms with Crippen LogP contribution in [0.3, 0.4) is 0 Å². The number of aldehydes is 1. The van der Waals surface area contributed by atoms with E-state index in [2.05, 4.69) is 10.1 Å². The fourth-order valence-electron chi connectivity index (χ4n) is 2.86. The number of aliphatic hydroxyl groups is 1. The minimum absolute atomic E-state index is 0.167. The van der Waals surface area contributed by atoms with E-state index in [0.29, 0.717) is 47.2 Å².